The van der Waals surface area contributed by atoms with Gasteiger partial charge in [0.15, 0.2) is 0 Å². The molecule has 0 aromatic rings. The van der Waals surface area contributed by atoms with Gasteiger partial charge in [-0.15, -0.1) is 0 Å². The SMILES string of the molecule is CCCCCSCCCNC1CCCCC1. The summed E-state index contributed by atoms with van der Waals surface area (Å²) in [6.45, 7) is 3.52. The Morgan fingerprint density at radius 1 is 1.00 bits per heavy atom. The number of nitrogens with one attached hydrogen (secondary N) is 1. The largest absolute Gasteiger partial charge is 0.314 e. The van der Waals surface area contributed by atoms with Crippen LogP contribution in [0.3, 0.4) is 0 Å². The van der Waals surface area contributed by atoms with E-state index in [1.54, 1.807) is 0 Å². The van der Waals surface area contributed by atoms with E-state index in [0.29, 0.717) is 0 Å². The first-order valence-corrected chi connectivity index (χ1v) is 8.40. The molecule has 0 amide bonds. The molecule has 0 spiro atoms. The Balaban J connectivity index is 1.77. The second-order valence-electron chi connectivity index (χ2n) is 4.96. The van der Waals surface area contributed by atoms with E-state index in [2.05, 4.69) is 24.0 Å². The van der Waals surface area contributed by atoms with Gasteiger partial charge in [0.2, 0.25) is 0 Å². The van der Waals surface area contributed by atoms with Crippen LogP contribution in [0.2, 0.25) is 0 Å². The van der Waals surface area contributed by atoms with E-state index in [9.17, 15) is 0 Å². The van der Waals surface area contributed by atoms with E-state index in [1.165, 1.54) is 75.8 Å². The first-order chi connectivity index (χ1) is 7.93. The second kappa shape index (κ2) is 10.5. The van der Waals surface area contributed by atoms with Gasteiger partial charge in [0, 0.05) is 6.04 Å². The maximum atomic E-state index is 3.71. The topological polar surface area (TPSA) is 12.0 Å². The number of thioether (sulfide) groups is 1. The predicted octanol–water partition coefficient (Wildman–Crippen LogP) is 4.22. The minimum atomic E-state index is 0.846. The molecule has 0 aliphatic heterocycles. The number of unbranched alkanes of at least 4 members (excludes halogenated alkanes) is 2. The fourth-order valence-corrected chi connectivity index (χ4v) is 3.30. The summed E-state index contributed by atoms with van der Waals surface area (Å²) in [5.74, 6) is 2.72. The summed E-state index contributed by atoms with van der Waals surface area (Å²) in [5.41, 5.74) is 0. The van der Waals surface area contributed by atoms with E-state index in [4.69, 9.17) is 0 Å². The molecule has 96 valence electrons. The molecule has 0 saturated heterocycles. The Labute approximate surface area is 106 Å². The minimum absolute atomic E-state index is 0.846. The van der Waals surface area contributed by atoms with Crippen LogP contribution in [0.1, 0.15) is 64.7 Å². The van der Waals surface area contributed by atoms with Gasteiger partial charge in [0.25, 0.3) is 0 Å². The fourth-order valence-electron chi connectivity index (χ4n) is 2.34. The standard InChI is InChI=1S/C14H29NS/c1-2-3-7-12-16-13-8-11-15-14-9-5-4-6-10-14/h14-15H,2-13H2,1H3. The van der Waals surface area contributed by atoms with Gasteiger partial charge in [-0.2, -0.15) is 11.8 Å². The molecule has 1 N–H and O–H groups in total. The maximum Gasteiger partial charge on any atom is 0.00670 e. The second-order valence-corrected chi connectivity index (χ2v) is 6.19. The van der Waals surface area contributed by atoms with Crippen molar-refractivity contribution in [1.82, 2.24) is 5.32 Å². The van der Waals surface area contributed by atoms with Gasteiger partial charge >= 0.3 is 0 Å². The molecule has 1 aliphatic carbocycles. The molecule has 1 rings (SSSR count). The first kappa shape index (κ1) is 14.4. The number of rotatable bonds is 9. The molecule has 1 fully saturated rings. The average Bonchev–Trinajstić information content (AvgIpc) is 2.34. The molecule has 0 aromatic carbocycles. The van der Waals surface area contributed by atoms with Gasteiger partial charge in [-0.25, -0.2) is 0 Å². The van der Waals surface area contributed by atoms with E-state index in [0.717, 1.165) is 6.04 Å². The lowest BCUT2D eigenvalue weighted by atomic mass is 9.95. The van der Waals surface area contributed by atoms with Gasteiger partial charge in [0.05, 0.1) is 0 Å². The summed E-state index contributed by atoms with van der Waals surface area (Å²) < 4.78 is 0. The number of hydrogen-bond acceptors (Lipinski definition) is 2. The van der Waals surface area contributed by atoms with Gasteiger partial charge in [-0.1, -0.05) is 39.0 Å². The van der Waals surface area contributed by atoms with E-state index in [1.807, 2.05) is 0 Å². The monoisotopic (exact) mass is 243 g/mol. The highest BCUT2D eigenvalue weighted by molar-refractivity contribution is 7.99. The van der Waals surface area contributed by atoms with E-state index < -0.39 is 0 Å². The van der Waals surface area contributed by atoms with Crippen LogP contribution in [0.25, 0.3) is 0 Å². The number of hydrogen-bond donors (Lipinski definition) is 1. The van der Waals surface area contributed by atoms with Crippen LogP contribution in [0.4, 0.5) is 0 Å². The lowest BCUT2D eigenvalue weighted by Crippen LogP contribution is -2.31. The Bertz CT molecular complexity index is 144. The molecule has 2 heteroatoms. The van der Waals surface area contributed by atoms with E-state index in [-0.39, 0.29) is 0 Å². The maximum absolute atomic E-state index is 3.71. The smallest absolute Gasteiger partial charge is 0.00670 e. The van der Waals surface area contributed by atoms with Crippen LogP contribution < -0.4 is 5.32 Å². The summed E-state index contributed by atoms with van der Waals surface area (Å²) in [6, 6.07) is 0.846. The highest BCUT2D eigenvalue weighted by Crippen LogP contribution is 2.17. The van der Waals surface area contributed by atoms with Gasteiger partial charge in [-0.3, -0.25) is 0 Å². The Kier molecular flexibility index (Phi) is 9.40. The summed E-state index contributed by atoms with van der Waals surface area (Å²) in [5, 5.41) is 3.71. The zero-order valence-electron chi connectivity index (χ0n) is 11.0. The normalized spacial score (nSPS) is 17.8. The summed E-state index contributed by atoms with van der Waals surface area (Å²) in [6.07, 6.45) is 12.7. The van der Waals surface area contributed by atoms with Crippen molar-refractivity contribution < 1.29 is 0 Å². The highest BCUT2D eigenvalue weighted by atomic mass is 32.2. The van der Waals surface area contributed by atoms with Crippen molar-refractivity contribution in [2.45, 2.75) is 70.8 Å². The minimum Gasteiger partial charge on any atom is -0.314 e. The van der Waals surface area contributed by atoms with Gasteiger partial charge < -0.3 is 5.32 Å². The lowest BCUT2D eigenvalue weighted by molar-refractivity contribution is 0.375. The fraction of sp³-hybridized carbons (Fsp3) is 1.00. The van der Waals surface area contributed by atoms with Crippen molar-refractivity contribution in [2.24, 2.45) is 0 Å². The molecular weight excluding hydrogens is 214 g/mol. The average molecular weight is 243 g/mol. The van der Waals surface area contributed by atoms with Crippen LogP contribution in [-0.2, 0) is 0 Å². The molecule has 1 nitrogen and oxygen atoms in total. The molecule has 16 heavy (non-hydrogen) atoms. The molecule has 0 radical (unpaired) electrons. The van der Waals surface area contributed by atoms with Crippen molar-refractivity contribution in [2.75, 3.05) is 18.1 Å². The zero-order valence-corrected chi connectivity index (χ0v) is 11.8. The molecular formula is C14H29NS. The van der Waals surface area contributed by atoms with Gasteiger partial charge in [-0.05, 0) is 43.7 Å². The van der Waals surface area contributed by atoms with Crippen molar-refractivity contribution in [1.29, 1.82) is 0 Å². The summed E-state index contributed by atoms with van der Waals surface area (Å²) in [7, 11) is 0. The van der Waals surface area contributed by atoms with Crippen molar-refractivity contribution >= 4 is 11.8 Å². The quantitative estimate of drug-likeness (QED) is 0.608. The Morgan fingerprint density at radius 3 is 2.50 bits per heavy atom. The molecule has 0 bridgehead atoms. The van der Waals surface area contributed by atoms with Crippen molar-refractivity contribution in [3.05, 3.63) is 0 Å². The van der Waals surface area contributed by atoms with Crippen LogP contribution in [0.15, 0.2) is 0 Å². The molecule has 0 heterocycles. The van der Waals surface area contributed by atoms with Crippen molar-refractivity contribution in [3.8, 4) is 0 Å². The van der Waals surface area contributed by atoms with Crippen LogP contribution in [-0.4, -0.2) is 24.1 Å². The summed E-state index contributed by atoms with van der Waals surface area (Å²) >= 11 is 2.14. The molecule has 1 saturated carbocycles. The third-order valence-electron chi connectivity index (χ3n) is 3.40. The molecule has 0 atom stereocenters. The first-order valence-electron chi connectivity index (χ1n) is 7.24. The Hall–Kier alpha value is 0.310. The highest BCUT2D eigenvalue weighted by Gasteiger charge is 2.11. The predicted molar refractivity (Wildman–Crippen MR) is 76.3 cm³/mol. The van der Waals surface area contributed by atoms with Crippen LogP contribution in [0, 0.1) is 0 Å². The molecule has 0 aromatic heterocycles. The van der Waals surface area contributed by atoms with Crippen molar-refractivity contribution in [3.63, 3.8) is 0 Å². The molecule has 1 aliphatic rings. The van der Waals surface area contributed by atoms with Gasteiger partial charge in [0.1, 0.15) is 0 Å². The lowest BCUT2D eigenvalue weighted by Gasteiger charge is -2.22. The van der Waals surface area contributed by atoms with Crippen LogP contribution in [0.5, 0.6) is 0 Å². The van der Waals surface area contributed by atoms with E-state index >= 15 is 0 Å². The Morgan fingerprint density at radius 2 is 1.75 bits per heavy atom. The summed E-state index contributed by atoms with van der Waals surface area (Å²) in [4.78, 5) is 0. The van der Waals surface area contributed by atoms with Crippen LogP contribution >= 0.6 is 11.8 Å². The third kappa shape index (κ3) is 7.56. The third-order valence-corrected chi connectivity index (χ3v) is 4.55. The zero-order chi connectivity index (χ0) is 11.5. The molecule has 0 unspecified atom stereocenters.